The molecule has 5 unspecified atom stereocenters. The van der Waals surface area contributed by atoms with Gasteiger partial charge in [-0.1, -0.05) is 79.8 Å². The molecule has 14 heteroatoms. The summed E-state index contributed by atoms with van der Waals surface area (Å²) in [6.07, 6.45) is 28.1. The second-order valence-electron chi connectivity index (χ2n) is 11.3. The molecule has 1 amide bonds. The van der Waals surface area contributed by atoms with E-state index in [4.69, 9.17) is 13.8 Å². The third kappa shape index (κ3) is 15.8. The zero-order valence-electron chi connectivity index (χ0n) is 28.7. The van der Waals surface area contributed by atoms with Gasteiger partial charge in [0.15, 0.2) is 12.4 Å². The van der Waals surface area contributed by atoms with Crippen LogP contribution in [0.15, 0.2) is 94.8 Å². The van der Waals surface area contributed by atoms with Crippen LogP contribution in [0.3, 0.4) is 0 Å². The molecule has 272 valence electrons. The number of aromatic nitrogens is 2. The fourth-order valence-corrected chi connectivity index (χ4v) is 5.59. The predicted octanol–water partition coefficient (Wildman–Crippen LogP) is 5.48. The van der Waals surface area contributed by atoms with Crippen molar-refractivity contribution in [2.45, 2.75) is 89.3 Å². The van der Waals surface area contributed by atoms with Crippen LogP contribution >= 0.6 is 7.75 Å². The Morgan fingerprint density at radius 3 is 2.08 bits per heavy atom. The molecule has 2 heterocycles. The maximum Gasteiger partial charge on any atom is 0.405 e. The van der Waals surface area contributed by atoms with E-state index in [0.29, 0.717) is 12.8 Å². The predicted molar refractivity (Wildman–Crippen MR) is 190 cm³/mol. The molecule has 1 aliphatic rings. The number of carbonyl (C=O) groups excluding carboxylic acids is 1. The topological polar surface area (TPSA) is 161 Å². The highest BCUT2D eigenvalue weighted by Crippen LogP contribution is 2.45. The standard InChI is InChI=1S/C35H52FN4O8P/c1-4-5-6-7-8-9-10-11-12-13-14-15-16-17-18-19-20-21-22-23-30(41)37-25-26-38-49(45,46-3)47-28-29-35(2,44)32(36)33(48-29)40-27-24-31(42)39-34(40)43/h5-6,8-9,11-12,14-15,17-18,20-21,24,27,29,32-33,44H,4,7,10,13,16,19,22-23,25-26,28H2,1-3H3,(H,37,41)(H,38,45)(H,39,42,43). The van der Waals surface area contributed by atoms with Crippen LogP contribution in [0.4, 0.5) is 4.39 Å². The lowest BCUT2D eigenvalue weighted by Gasteiger charge is -2.26. The largest absolute Gasteiger partial charge is 0.405 e. The summed E-state index contributed by atoms with van der Waals surface area (Å²) in [7, 11) is -2.77. The van der Waals surface area contributed by atoms with Crippen molar-refractivity contribution in [2.75, 3.05) is 26.8 Å². The van der Waals surface area contributed by atoms with Crippen LogP contribution in [0.5, 0.6) is 0 Å². The Bertz CT molecular complexity index is 1480. The molecule has 1 saturated heterocycles. The van der Waals surface area contributed by atoms with Gasteiger partial charge in [0.1, 0.15) is 11.7 Å². The van der Waals surface area contributed by atoms with E-state index in [9.17, 15) is 24.1 Å². The number of nitrogens with one attached hydrogen (secondary N) is 3. The molecule has 12 nitrogen and oxygen atoms in total. The molecule has 4 N–H and O–H groups in total. The molecule has 0 saturated carbocycles. The van der Waals surface area contributed by atoms with Crippen molar-refractivity contribution >= 4 is 13.7 Å². The lowest BCUT2D eigenvalue weighted by molar-refractivity contribution is -0.120. The normalized spacial score (nSPS) is 22.9. The first-order valence-electron chi connectivity index (χ1n) is 16.6. The van der Waals surface area contributed by atoms with Gasteiger partial charge in [0.25, 0.3) is 5.56 Å². The lowest BCUT2D eigenvalue weighted by Crippen LogP contribution is -2.45. The first-order chi connectivity index (χ1) is 23.5. The second kappa shape index (κ2) is 23.0. The Hall–Kier alpha value is -3.45. The van der Waals surface area contributed by atoms with Gasteiger partial charge in [-0.15, -0.1) is 0 Å². The van der Waals surface area contributed by atoms with Crippen molar-refractivity contribution < 1.29 is 32.6 Å². The molecule has 1 fully saturated rings. The minimum atomic E-state index is -3.91. The smallest absolute Gasteiger partial charge is 0.384 e. The fraction of sp³-hybridized carbons (Fsp3) is 0.514. The van der Waals surface area contributed by atoms with Gasteiger partial charge in [-0.25, -0.2) is 18.8 Å². The third-order valence-electron chi connectivity index (χ3n) is 7.41. The maximum absolute atomic E-state index is 15.0. The highest BCUT2D eigenvalue weighted by atomic mass is 31.2. The third-order valence-corrected chi connectivity index (χ3v) is 8.99. The second-order valence-corrected chi connectivity index (χ2v) is 13.3. The van der Waals surface area contributed by atoms with Gasteiger partial charge in [-0.2, -0.15) is 0 Å². The van der Waals surface area contributed by atoms with E-state index in [1.54, 1.807) is 0 Å². The van der Waals surface area contributed by atoms with Crippen molar-refractivity contribution in [3.05, 3.63) is 106 Å². The average molecular weight is 707 g/mol. The molecule has 0 radical (unpaired) electrons. The highest BCUT2D eigenvalue weighted by molar-refractivity contribution is 7.51. The number of hydrogen-bond acceptors (Lipinski definition) is 8. The summed E-state index contributed by atoms with van der Waals surface area (Å²) in [5.74, 6) is -0.178. The number of nitrogens with zero attached hydrogens (tertiary/aromatic N) is 1. The molecule has 0 spiro atoms. The van der Waals surface area contributed by atoms with E-state index in [1.807, 2.05) is 17.1 Å². The number of aromatic amines is 1. The van der Waals surface area contributed by atoms with Crippen LogP contribution in [0.1, 0.15) is 71.4 Å². The monoisotopic (exact) mass is 706 g/mol. The molecule has 0 aliphatic carbocycles. The Labute approximate surface area is 288 Å². The maximum atomic E-state index is 15.0. The zero-order valence-corrected chi connectivity index (χ0v) is 29.6. The van der Waals surface area contributed by atoms with E-state index in [-0.39, 0.29) is 19.0 Å². The molecule has 2 rings (SSSR count). The van der Waals surface area contributed by atoms with Gasteiger partial charge in [-0.05, 0) is 51.9 Å². The minimum absolute atomic E-state index is 0.0415. The van der Waals surface area contributed by atoms with Gasteiger partial charge < -0.3 is 19.7 Å². The average Bonchev–Trinajstić information content (AvgIpc) is 3.30. The van der Waals surface area contributed by atoms with Crippen LogP contribution < -0.4 is 21.7 Å². The molecular weight excluding hydrogens is 654 g/mol. The number of aliphatic hydroxyl groups is 1. The summed E-state index contributed by atoms with van der Waals surface area (Å²) in [5, 5.41) is 16.0. The van der Waals surface area contributed by atoms with Crippen molar-refractivity contribution in [3.63, 3.8) is 0 Å². The Kier molecular flexibility index (Phi) is 19.6. The SMILES string of the molecule is CCC=CCC=CCC=CCC=CCC=CCC=CCCC(=O)NCCNP(=O)(OC)OCC1OC(n2ccc(=O)[nH]c2=O)C(F)C1(C)O. The number of ether oxygens (including phenoxy) is 1. The quantitative estimate of drug-likeness (QED) is 0.0657. The molecular formula is C35H52FN4O8P. The van der Waals surface area contributed by atoms with Gasteiger partial charge >= 0.3 is 13.4 Å². The first-order valence-corrected chi connectivity index (χ1v) is 18.1. The van der Waals surface area contributed by atoms with Gasteiger partial charge in [0.2, 0.25) is 5.91 Å². The Balaban J connectivity index is 1.59. The van der Waals surface area contributed by atoms with E-state index >= 15 is 4.39 Å². The summed E-state index contributed by atoms with van der Waals surface area (Å²) in [4.78, 5) is 37.6. The van der Waals surface area contributed by atoms with Crippen molar-refractivity contribution in [1.29, 1.82) is 0 Å². The van der Waals surface area contributed by atoms with E-state index in [2.05, 4.69) is 78.1 Å². The van der Waals surface area contributed by atoms with E-state index in [0.717, 1.165) is 69.4 Å². The Morgan fingerprint density at radius 1 is 1.00 bits per heavy atom. The highest BCUT2D eigenvalue weighted by Gasteiger charge is 2.55. The number of rotatable bonds is 23. The van der Waals surface area contributed by atoms with Crippen LogP contribution in [-0.4, -0.2) is 65.2 Å². The number of allylic oxidation sites excluding steroid dienone is 12. The lowest BCUT2D eigenvalue weighted by atomic mass is 9.96. The van der Waals surface area contributed by atoms with Crippen LogP contribution in [0.25, 0.3) is 0 Å². The van der Waals surface area contributed by atoms with Gasteiger partial charge in [0.05, 0.1) is 6.61 Å². The summed E-state index contributed by atoms with van der Waals surface area (Å²) in [5.41, 5.74) is -3.70. The number of halogens is 1. The number of alkyl halides is 1. The molecule has 5 atom stereocenters. The number of hydrogen-bond donors (Lipinski definition) is 4. The van der Waals surface area contributed by atoms with Crippen LogP contribution in [0, 0.1) is 0 Å². The van der Waals surface area contributed by atoms with Gasteiger partial charge in [-0.3, -0.25) is 23.7 Å². The minimum Gasteiger partial charge on any atom is -0.384 e. The Morgan fingerprint density at radius 2 is 1.55 bits per heavy atom. The zero-order chi connectivity index (χ0) is 36.0. The molecule has 0 bridgehead atoms. The van der Waals surface area contributed by atoms with E-state index in [1.165, 1.54) is 0 Å². The summed E-state index contributed by atoms with van der Waals surface area (Å²) in [6, 6.07) is 1.02. The first kappa shape index (κ1) is 41.7. The number of amides is 1. The molecule has 1 aliphatic heterocycles. The number of carbonyl (C=O) groups is 1. The van der Waals surface area contributed by atoms with Crippen molar-refractivity contribution in [1.82, 2.24) is 20.0 Å². The van der Waals surface area contributed by atoms with Crippen molar-refractivity contribution in [2.24, 2.45) is 0 Å². The summed E-state index contributed by atoms with van der Waals surface area (Å²) >= 11 is 0. The molecule has 0 aromatic carbocycles. The molecule has 1 aromatic rings. The van der Waals surface area contributed by atoms with Crippen molar-refractivity contribution in [3.8, 4) is 0 Å². The fourth-order valence-electron chi connectivity index (χ4n) is 4.55. The van der Waals surface area contributed by atoms with E-state index < -0.39 is 49.7 Å². The molecule has 49 heavy (non-hydrogen) atoms. The summed E-state index contributed by atoms with van der Waals surface area (Å²) < 4.78 is 44.7. The number of H-pyrrole nitrogens is 1. The molecule has 1 aromatic heterocycles. The summed E-state index contributed by atoms with van der Waals surface area (Å²) in [6.45, 7) is 2.92. The van der Waals surface area contributed by atoms with Gasteiger partial charge in [0, 0.05) is 38.9 Å². The van der Waals surface area contributed by atoms with Crippen LogP contribution in [-0.2, 0) is 23.1 Å². The van der Waals surface area contributed by atoms with Crippen LogP contribution in [0.2, 0.25) is 0 Å².